The Morgan fingerprint density at radius 3 is 2.67 bits per heavy atom. The number of carboxylic acid groups (broad SMARTS) is 1. The molecule has 0 aromatic carbocycles. The molecule has 0 aliphatic carbocycles. The summed E-state index contributed by atoms with van der Waals surface area (Å²) in [4.78, 5) is 21.3. The van der Waals surface area contributed by atoms with Crippen LogP contribution in [0.25, 0.3) is 0 Å². The molecular formula is C6H4BrNO4. The number of nitrogens with zero attached hydrogens (tertiary/aromatic N) is 1. The standard InChI is InChI=1S/C6H4BrNO4/c7-3-1-4(6(10)11)5(9)8(12)2-3/h1-2,12H,(H,10,11). The number of rotatable bonds is 1. The first-order chi connectivity index (χ1) is 5.52. The van der Waals surface area contributed by atoms with Crippen LogP contribution in [-0.4, -0.2) is 21.0 Å². The van der Waals surface area contributed by atoms with E-state index in [1.54, 1.807) is 0 Å². The average molecular weight is 234 g/mol. The lowest BCUT2D eigenvalue weighted by atomic mass is 10.3. The van der Waals surface area contributed by atoms with Crippen molar-refractivity contribution in [3.05, 3.63) is 32.7 Å². The van der Waals surface area contributed by atoms with Gasteiger partial charge in [0.1, 0.15) is 5.56 Å². The van der Waals surface area contributed by atoms with Crippen LogP contribution in [0.15, 0.2) is 21.5 Å². The molecule has 0 aliphatic rings. The fraction of sp³-hybridized carbons (Fsp3) is 0. The Kier molecular flexibility index (Phi) is 2.18. The Morgan fingerprint density at radius 1 is 1.58 bits per heavy atom. The number of hydrogen-bond acceptors (Lipinski definition) is 3. The van der Waals surface area contributed by atoms with Gasteiger partial charge in [0, 0.05) is 4.47 Å². The average Bonchev–Trinajstić information content (AvgIpc) is 1.96. The van der Waals surface area contributed by atoms with E-state index in [0.717, 1.165) is 12.3 Å². The van der Waals surface area contributed by atoms with E-state index < -0.39 is 17.1 Å². The van der Waals surface area contributed by atoms with Gasteiger partial charge in [0.05, 0.1) is 6.20 Å². The first-order valence-electron chi connectivity index (χ1n) is 2.87. The molecule has 0 aliphatic heterocycles. The Morgan fingerprint density at radius 2 is 2.17 bits per heavy atom. The molecule has 0 saturated heterocycles. The van der Waals surface area contributed by atoms with Crippen LogP contribution in [0.1, 0.15) is 10.4 Å². The van der Waals surface area contributed by atoms with Crippen molar-refractivity contribution in [2.75, 3.05) is 0 Å². The van der Waals surface area contributed by atoms with Gasteiger partial charge in [0.2, 0.25) is 0 Å². The predicted molar refractivity (Wildman–Crippen MR) is 42.5 cm³/mol. The first-order valence-corrected chi connectivity index (χ1v) is 3.66. The number of carboxylic acids is 1. The van der Waals surface area contributed by atoms with Crippen molar-refractivity contribution in [1.29, 1.82) is 0 Å². The second-order valence-corrected chi connectivity index (χ2v) is 2.94. The molecule has 0 amide bonds. The molecule has 6 heteroatoms. The lowest BCUT2D eigenvalue weighted by Crippen LogP contribution is -2.24. The zero-order valence-corrected chi connectivity index (χ0v) is 7.28. The quantitative estimate of drug-likeness (QED) is 0.695. The molecular weight excluding hydrogens is 230 g/mol. The van der Waals surface area contributed by atoms with E-state index in [9.17, 15) is 9.59 Å². The van der Waals surface area contributed by atoms with Crippen LogP contribution in [-0.2, 0) is 0 Å². The van der Waals surface area contributed by atoms with Crippen molar-refractivity contribution < 1.29 is 15.1 Å². The molecule has 1 rings (SSSR count). The molecule has 0 atom stereocenters. The highest BCUT2D eigenvalue weighted by molar-refractivity contribution is 9.10. The minimum absolute atomic E-state index is 0.216. The highest BCUT2D eigenvalue weighted by Gasteiger charge is 2.11. The van der Waals surface area contributed by atoms with Crippen LogP contribution in [0.4, 0.5) is 0 Å². The summed E-state index contributed by atoms with van der Waals surface area (Å²) in [7, 11) is 0. The zero-order chi connectivity index (χ0) is 9.30. The van der Waals surface area contributed by atoms with Crippen LogP contribution in [0.5, 0.6) is 0 Å². The van der Waals surface area contributed by atoms with E-state index in [4.69, 9.17) is 10.3 Å². The van der Waals surface area contributed by atoms with E-state index in [0.29, 0.717) is 4.47 Å². The van der Waals surface area contributed by atoms with Crippen molar-refractivity contribution in [3.63, 3.8) is 0 Å². The SMILES string of the molecule is O=C(O)c1cc(Br)cn(O)c1=O. The minimum atomic E-state index is -1.37. The highest BCUT2D eigenvalue weighted by atomic mass is 79.9. The number of halogens is 1. The van der Waals surface area contributed by atoms with Gasteiger partial charge >= 0.3 is 5.97 Å². The van der Waals surface area contributed by atoms with Gasteiger partial charge in [-0.25, -0.2) is 4.79 Å². The van der Waals surface area contributed by atoms with Gasteiger partial charge in [-0.05, 0) is 22.0 Å². The number of aromatic carboxylic acids is 1. The Labute approximate surface area is 75.0 Å². The van der Waals surface area contributed by atoms with Crippen molar-refractivity contribution in [3.8, 4) is 0 Å². The first kappa shape index (κ1) is 8.79. The molecule has 1 heterocycles. The van der Waals surface area contributed by atoms with Crippen LogP contribution in [0.2, 0.25) is 0 Å². The van der Waals surface area contributed by atoms with Gasteiger partial charge in [-0.1, -0.05) is 0 Å². The number of carbonyl (C=O) groups is 1. The lowest BCUT2D eigenvalue weighted by Gasteiger charge is -1.98. The van der Waals surface area contributed by atoms with Crippen LogP contribution >= 0.6 is 15.9 Å². The van der Waals surface area contributed by atoms with Crippen LogP contribution < -0.4 is 5.56 Å². The second kappa shape index (κ2) is 2.98. The van der Waals surface area contributed by atoms with Gasteiger partial charge < -0.3 is 10.3 Å². The van der Waals surface area contributed by atoms with E-state index >= 15 is 0 Å². The van der Waals surface area contributed by atoms with Crippen LogP contribution in [0.3, 0.4) is 0 Å². The summed E-state index contributed by atoms with van der Waals surface area (Å²) in [6, 6.07) is 1.12. The van der Waals surface area contributed by atoms with E-state index in [1.165, 1.54) is 0 Å². The summed E-state index contributed by atoms with van der Waals surface area (Å²) < 4.78 is 0.537. The summed E-state index contributed by atoms with van der Waals surface area (Å²) in [5.74, 6) is -1.37. The minimum Gasteiger partial charge on any atom is -0.477 e. The van der Waals surface area contributed by atoms with Crippen molar-refractivity contribution in [2.45, 2.75) is 0 Å². The fourth-order valence-corrected chi connectivity index (χ4v) is 1.11. The summed E-state index contributed by atoms with van der Waals surface area (Å²) in [5.41, 5.74) is -1.43. The van der Waals surface area contributed by atoms with Crippen molar-refractivity contribution >= 4 is 21.9 Å². The molecule has 0 spiro atoms. The molecule has 1 aromatic rings. The van der Waals surface area contributed by atoms with Crippen LogP contribution in [0, 0.1) is 0 Å². The van der Waals surface area contributed by atoms with Gasteiger partial charge in [0.25, 0.3) is 5.56 Å². The second-order valence-electron chi connectivity index (χ2n) is 2.03. The molecule has 0 fully saturated rings. The lowest BCUT2D eigenvalue weighted by molar-refractivity contribution is 0.0687. The molecule has 0 saturated carbocycles. The summed E-state index contributed by atoms with van der Waals surface area (Å²) in [5, 5.41) is 17.3. The monoisotopic (exact) mass is 233 g/mol. The number of pyridine rings is 1. The summed E-state index contributed by atoms with van der Waals surface area (Å²) in [6.07, 6.45) is 1.06. The Hall–Kier alpha value is -1.30. The number of hydrogen-bond donors (Lipinski definition) is 2. The third-order valence-corrected chi connectivity index (χ3v) is 1.63. The van der Waals surface area contributed by atoms with Gasteiger partial charge in [0.15, 0.2) is 0 Å². The molecule has 0 radical (unpaired) electrons. The maximum Gasteiger partial charge on any atom is 0.341 e. The molecule has 0 unspecified atom stereocenters. The molecule has 12 heavy (non-hydrogen) atoms. The fourth-order valence-electron chi connectivity index (χ4n) is 0.689. The molecule has 1 aromatic heterocycles. The normalized spacial score (nSPS) is 9.75. The van der Waals surface area contributed by atoms with Gasteiger partial charge in [-0.3, -0.25) is 4.79 Å². The summed E-state index contributed by atoms with van der Waals surface area (Å²) in [6.45, 7) is 0. The van der Waals surface area contributed by atoms with Gasteiger partial charge in [-0.2, -0.15) is 4.73 Å². The predicted octanol–water partition coefficient (Wildman–Crippen LogP) is 0.546. The third kappa shape index (κ3) is 1.48. The Bertz CT molecular complexity index is 384. The van der Waals surface area contributed by atoms with Gasteiger partial charge in [-0.15, -0.1) is 0 Å². The largest absolute Gasteiger partial charge is 0.477 e. The van der Waals surface area contributed by atoms with E-state index in [-0.39, 0.29) is 4.73 Å². The van der Waals surface area contributed by atoms with E-state index in [1.807, 2.05) is 0 Å². The maximum atomic E-state index is 10.9. The molecule has 64 valence electrons. The molecule has 2 N–H and O–H groups in total. The third-order valence-electron chi connectivity index (χ3n) is 1.20. The van der Waals surface area contributed by atoms with E-state index in [2.05, 4.69) is 15.9 Å². The summed E-state index contributed by atoms with van der Waals surface area (Å²) >= 11 is 2.93. The molecule has 5 nitrogen and oxygen atoms in total. The van der Waals surface area contributed by atoms with Crippen molar-refractivity contribution in [1.82, 2.24) is 4.73 Å². The van der Waals surface area contributed by atoms with Crippen molar-refractivity contribution in [2.24, 2.45) is 0 Å². The topological polar surface area (TPSA) is 79.5 Å². The maximum absolute atomic E-state index is 10.9. The smallest absolute Gasteiger partial charge is 0.341 e. The highest BCUT2D eigenvalue weighted by Crippen LogP contribution is 2.07. The number of aromatic nitrogens is 1. The molecule has 0 bridgehead atoms. The Balaban J connectivity index is 3.49. The zero-order valence-electron chi connectivity index (χ0n) is 5.69.